The maximum atomic E-state index is 11.3. The summed E-state index contributed by atoms with van der Waals surface area (Å²) in [5, 5.41) is 8.48. The van der Waals surface area contributed by atoms with E-state index in [0.717, 1.165) is 0 Å². The van der Waals surface area contributed by atoms with Gasteiger partial charge >= 0.3 is 17.9 Å². The topological polar surface area (TPSA) is 176 Å². The van der Waals surface area contributed by atoms with Gasteiger partial charge in [0.2, 0.25) is 5.91 Å². The van der Waals surface area contributed by atoms with E-state index in [1.165, 1.54) is 0 Å². The first-order valence-corrected chi connectivity index (χ1v) is 5.50. The quantitative estimate of drug-likeness (QED) is 0.286. The van der Waals surface area contributed by atoms with Crippen LogP contribution in [0, 0.1) is 0 Å². The van der Waals surface area contributed by atoms with E-state index in [4.69, 9.17) is 22.3 Å². The molecule has 0 aromatic rings. The van der Waals surface area contributed by atoms with Crippen molar-refractivity contribution in [3.8, 4) is 0 Å². The first kappa shape index (κ1) is 17.0. The first-order valence-electron chi connectivity index (χ1n) is 5.50. The number of primary amides is 1. The van der Waals surface area contributed by atoms with Gasteiger partial charge < -0.3 is 27.0 Å². The summed E-state index contributed by atoms with van der Waals surface area (Å²) in [5.41, 5.74) is 15.4. The van der Waals surface area contributed by atoms with E-state index in [1.54, 1.807) is 0 Å². The molecule has 7 N–H and O–H groups in total. The number of carbonyl (C=O) groups is 4. The number of rotatable bonds is 8. The molecule has 0 bridgehead atoms. The summed E-state index contributed by atoms with van der Waals surface area (Å²) in [5.74, 6) is -3.79. The van der Waals surface area contributed by atoms with E-state index < -0.39 is 35.9 Å². The molecule has 0 fully saturated rings. The second-order valence-electron chi connectivity index (χ2n) is 3.89. The Morgan fingerprint density at radius 1 is 1.00 bits per heavy atom. The molecule has 0 aliphatic carbocycles. The second kappa shape index (κ2) is 8.16. The molecule has 2 atom stereocenters. The fourth-order valence-corrected chi connectivity index (χ4v) is 1.05. The fourth-order valence-electron chi connectivity index (χ4n) is 1.05. The molecule has 0 aromatic carbocycles. The Bertz CT molecular complexity index is 370. The molecule has 9 heteroatoms. The number of ether oxygens (including phenoxy) is 1. The van der Waals surface area contributed by atoms with Gasteiger partial charge in [-0.3, -0.25) is 14.4 Å². The molecule has 0 aromatic heterocycles. The maximum Gasteiger partial charge on any atom is 0.330 e. The van der Waals surface area contributed by atoms with E-state index in [9.17, 15) is 19.2 Å². The summed E-state index contributed by atoms with van der Waals surface area (Å²) in [6, 6.07) is -2.34. The van der Waals surface area contributed by atoms with Gasteiger partial charge in [0.05, 0.1) is 0 Å². The van der Waals surface area contributed by atoms with E-state index in [2.05, 4.69) is 4.74 Å². The molecular formula is C10H17N3O6. The van der Waals surface area contributed by atoms with Crippen LogP contribution in [0.15, 0.2) is 0 Å². The van der Waals surface area contributed by atoms with E-state index in [0.29, 0.717) is 0 Å². The highest BCUT2D eigenvalue weighted by molar-refractivity contribution is 5.89. The van der Waals surface area contributed by atoms with Gasteiger partial charge in [-0.1, -0.05) is 0 Å². The molecule has 0 aliphatic heterocycles. The largest absolute Gasteiger partial charge is 0.480 e. The lowest BCUT2D eigenvalue weighted by molar-refractivity contribution is -0.160. The van der Waals surface area contributed by atoms with Gasteiger partial charge in [0.25, 0.3) is 0 Å². The highest BCUT2D eigenvalue weighted by Gasteiger charge is 2.20. The first-order chi connectivity index (χ1) is 8.73. The lowest BCUT2D eigenvalue weighted by atomic mass is 10.1. The third kappa shape index (κ3) is 7.84. The Morgan fingerprint density at radius 3 is 2.00 bits per heavy atom. The summed E-state index contributed by atoms with van der Waals surface area (Å²) in [4.78, 5) is 43.3. The summed E-state index contributed by atoms with van der Waals surface area (Å²) in [6.45, 7) is 0. The lowest BCUT2D eigenvalue weighted by Gasteiger charge is -2.10. The molecule has 0 spiro atoms. The highest BCUT2D eigenvalue weighted by atomic mass is 16.6. The maximum absolute atomic E-state index is 11.3. The number of carbonyl (C=O) groups excluding carboxylic acids is 3. The lowest BCUT2D eigenvalue weighted by Crippen LogP contribution is -2.35. The van der Waals surface area contributed by atoms with Crippen LogP contribution in [-0.2, 0) is 23.9 Å². The third-order valence-corrected chi connectivity index (χ3v) is 2.20. The van der Waals surface area contributed by atoms with Crippen LogP contribution in [0.2, 0.25) is 0 Å². The number of esters is 2. The predicted octanol–water partition coefficient (Wildman–Crippen LogP) is -2.16. The van der Waals surface area contributed by atoms with E-state index in [-0.39, 0.29) is 25.7 Å². The minimum atomic E-state index is -1.25. The molecule has 0 unspecified atom stereocenters. The van der Waals surface area contributed by atoms with Crippen molar-refractivity contribution in [2.45, 2.75) is 37.8 Å². The number of nitrogens with two attached hydrogens (primary N) is 3. The van der Waals surface area contributed by atoms with Gasteiger partial charge in [-0.15, -0.1) is 0 Å². The molecule has 0 saturated heterocycles. The predicted molar refractivity (Wildman–Crippen MR) is 62.3 cm³/mol. The average molecular weight is 275 g/mol. The number of carboxylic acid groups (broad SMARTS) is 1. The highest BCUT2D eigenvalue weighted by Crippen LogP contribution is 2.01. The molecule has 19 heavy (non-hydrogen) atoms. The van der Waals surface area contributed by atoms with Crippen LogP contribution in [-0.4, -0.2) is 41.0 Å². The van der Waals surface area contributed by atoms with Crippen molar-refractivity contribution < 1.29 is 29.0 Å². The Hall–Kier alpha value is -2.00. The molecule has 0 heterocycles. The minimum Gasteiger partial charge on any atom is -0.480 e. The smallest absolute Gasteiger partial charge is 0.330 e. The standard InChI is InChI=1S/C10H17N3O6/c11-5(9(16)17)2-4-8(15)19-10(18)6(12)1-3-7(13)14/h5-6H,1-4,11-12H2,(H2,13,14)(H,16,17)/t5-,6-/m0/s1. The Morgan fingerprint density at radius 2 is 1.53 bits per heavy atom. The Kier molecular flexibility index (Phi) is 7.30. The van der Waals surface area contributed by atoms with Crippen LogP contribution in [0.5, 0.6) is 0 Å². The normalized spacial score (nSPS) is 13.4. The van der Waals surface area contributed by atoms with Crippen LogP contribution in [0.3, 0.4) is 0 Å². The molecule has 0 radical (unpaired) electrons. The van der Waals surface area contributed by atoms with Crippen LogP contribution >= 0.6 is 0 Å². The van der Waals surface area contributed by atoms with Gasteiger partial charge in [0.1, 0.15) is 12.1 Å². The van der Waals surface area contributed by atoms with Crippen LogP contribution in [0.25, 0.3) is 0 Å². The number of carboxylic acids is 1. The van der Waals surface area contributed by atoms with Gasteiger partial charge in [-0.05, 0) is 12.8 Å². The fraction of sp³-hybridized carbons (Fsp3) is 0.600. The van der Waals surface area contributed by atoms with Crippen molar-refractivity contribution in [1.82, 2.24) is 0 Å². The Labute approximate surface area is 109 Å². The molecule has 9 nitrogen and oxygen atoms in total. The molecular weight excluding hydrogens is 258 g/mol. The zero-order chi connectivity index (χ0) is 15.0. The van der Waals surface area contributed by atoms with Crippen molar-refractivity contribution in [3.05, 3.63) is 0 Å². The van der Waals surface area contributed by atoms with E-state index in [1.807, 2.05) is 0 Å². The summed E-state index contributed by atoms with van der Waals surface area (Å²) in [6.07, 6.45) is -0.607. The average Bonchev–Trinajstić information content (AvgIpc) is 2.32. The summed E-state index contributed by atoms with van der Waals surface area (Å²) in [7, 11) is 0. The Balaban J connectivity index is 4.01. The second-order valence-corrected chi connectivity index (χ2v) is 3.89. The molecule has 0 aliphatic rings. The van der Waals surface area contributed by atoms with Crippen LogP contribution in [0.1, 0.15) is 25.7 Å². The van der Waals surface area contributed by atoms with Crippen molar-refractivity contribution in [3.63, 3.8) is 0 Å². The van der Waals surface area contributed by atoms with Crippen molar-refractivity contribution in [2.24, 2.45) is 17.2 Å². The SMILES string of the molecule is NC(=O)CC[C@H](N)C(=O)OC(=O)CC[C@H](N)C(=O)O. The van der Waals surface area contributed by atoms with E-state index >= 15 is 0 Å². The van der Waals surface area contributed by atoms with Crippen molar-refractivity contribution in [1.29, 1.82) is 0 Å². The monoisotopic (exact) mass is 275 g/mol. The zero-order valence-electron chi connectivity index (χ0n) is 10.2. The van der Waals surface area contributed by atoms with Crippen LogP contribution < -0.4 is 17.2 Å². The number of aliphatic carboxylic acids is 1. The van der Waals surface area contributed by atoms with Gasteiger partial charge in [-0.25, -0.2) is 4.79 Å². The molecule has 108 valence electrons. The molecule has 1 amide bonds. The number of hydrogen-bond acceptors (Lipinski definition) is 7. The van der Waals surface area contributed by atoms with Gasteiger partial charge in [-0.2, -0.15) is 0 Å². The minimum absolute atomic E-state index is 0.0317. The van der Waals surface area contributed by atoms with Crippen molar-refractivity contribution in [2.75, 3.05) is 0 Å². The molecule has 0 saturated carbocycles. The third-order valence-electron chi connectivity index (χ3n) is 2.20. The number of amides is 1. The van der Waals surface area contributed by atoms with Gasteiger partial charge in [0, 0.05) is 12.8 Å². The van der Waals surface area contributed by atoms with Crippen LogP contribution in [0.4, 0.5) is 0 Å². The molecule has 0 rings (SSSR count). The summed E-state index contributed by atoms with van der Waals surface area (Å²) < 4.78 is 4.37. The number of hydrogen-bond donors (Lipinski definition) is 4. The summed E-state index contributed by atoms with van der Waals surface area (Å²) >= 11 is 0. The van der Waals surface area contributed by atoms with Crippen molar-refractivity contribution >= 4 is 23.8 Å². The zero-order valence-corrected chi connectivity index (χ0v) is 10.2. The van der Waals surface area contributed by atoms with Gasteiger partial charge in [0.15, 0.2) is 0 Å².